The summed E-state index contributed by atoms with van der Waals surface area (Å²) < 4.78 is 0. The van der Waals surface area contributed by atoms with E-state index in [1.807, 2.05) is 24.3 Å². The van der Waals surface area contributed by atoms with Crippen molar-refractivity contribution in [2.24, 2.45) is 0 Å². The van der Waals surface area contributed by atoms with Crippen molar-refractivity contribution in [1.82, 2.24) is 5.06 Å². The van der Waals surface area contributed by atoms with Gasteiger partial charge in [-0.2, -0.15) is 0 Å². The smallest absolute Gasteiger partial charge is 0.281 e. The van der Waals surface area contributed by atoms with Gasteiger partial charge in [0.05, 0.1) is 5.57 Å². The maximum atomic E-state index is 12.6. The number of halogens is 2. The van der Waals surface area contributed by atoms with Crippen LogP contribution in [0.15, 0.2) is 48.2 Å². The fraction of sp³-hybridized carbons (Fsp3) is 0.211. The van der Waals surface area contributed by atoms with Crippen LogP contribution in [-0.2, 0) is 9.63 Å². The molecule has 1 amide bonds. The number of likely N-dealkylation sites (N-methyl/N-ethyl adjacent to an activating group) is 1. The van der Waals surface area contributed by atoms with Crippen LogP contribution in [0, 0.1) is 0 Å². The molecule has 2 aromatic carbocycles. The summed E-state index contributed by atoms with van der Waals surface area (Å²) in [5.74, 6) is -0.609. The molecule has 2 aromatic rings. The van der Waals surface area contributed by atoms with Gasteiger partial charge in [0.25, 0.3) is 5.91 Å². The predicted octanol–water partition coefficient (Wildman–Crippen LogP) is 5.11. The first-order chi connectivity index (χ1) is 11.7. The summed E-state index contributed by atoms with van der Waals surface area (Å²) in [6, 6.07) is 12.7. The molecule has 0 aliphatic carbocycles. The SMILES string of the molecule is CN1OC(C)(C)C(O)=C(c2cc(-c3cccc(Cl)c3)ccc2Cl)C1=O. The maximum Gasteiger partial charge on any atom is 0.281 e. The highest BCUT2D eigenvalue weighted by molar-refractivity contribution is 6.35. The van der Waals surface area contributed by atoms with Crippen molar-refractivity contribution in [3.05, 3.63) is 63.8 Å². The Morgan fingerprint density at radius 3 is 2.44 bits per heavy atom. The largest absolute Gasteiger partial charge is 0.508 e. The van der Waals surface area contributed by atoms with Crippen LogP contribution in [0.1, 0.15) is 19.4 Å². The van der Waals surface area contributed by atoms with Gasteiger partial charge in [-0.05, 0) is 49.2 Å². The summed E-state index contributed by atoms with van der Waals surface area (Å²) in [5, 5.41) is 12.7. The third kappa shape index (κ3) is 3.25. The minimum absolute atomic E-state index is 0.132. The predicted molar refractivity (Wildman–Crippen MR) is 99.4 cm³/mol. The average Bonchev–Trinajstić information content (AvgIpc) is 2.55. The number of aliphatic hydroxyl groups excluding tert-OH is 1. The highest BCUT2D eigenvalue weighted by Gasteiger charge is 2.40. The molecule has 0 spiro atoms. The zero-order valence-corrected chi connectivity index (χ0v) is 15.5. The summed E-state index contributed by atoms with van der Waals surface area (Å²) in [4.78, 5) is 18.0. The quantitative estimate of drug-likeness (QED) is 0.790. The third-order valence-corrected chi connectivity index (χ3v) is 4.63. The van der Waals surface area contributed by atoms with Gasteiger partial charge in [0.15, 0.2) is 0 Å². The first-order valence-corrected chi connectivity index (χ1v) is 8.43. The lowest BCUT2D eigenvalue weighted by Gasteiger charge is -2.36. The van der Waals surface area contributed by atoms with Crippen molar-refractivity contribution in [2.75, 3.05) is 7.05 Å². The number of aliphatic hydroxyl groups is 1. The van der Waals surface area contributed by atoms with E-state index in [1.165, 1.54) is 7.05 Å². The molecule has 1 N–H and O–H groups in total. The Bertz CT molecular complexity index is 890. The van der Waals surface area contributed by atoms with E-state index in [2.05, 4.69) is 0 Å². The fourth-order valence-corrected chi connectivity index (χ4v) is 3.20. The molecule has 1 heterocycles. The molecule has 0 bridgehead atoms. The molecule has 0 aromatic heterocycles. The second kappa shape index (κ2) is 6.37. The Balaban J connectivity index is 2.20. The van der Waals surface area contributed by atoms with E-state index < -0.39 is 11.5 Å². The molecular formula is C19H17Cl2NO3. The molecule has 1 aliphatic heterocycles. The first-order valence-electron chi connectivity index (χ1n) is 7.67. The van der Waals surface area contributed by atoms with Crippen molar-refractivity contribution >= 4 is 34.7 Å². The van der Waals surface area contributed by atoms with Crippen LogP contribution in [0.25, 0.3) is 16.7 Å². The standard InChI is InChI=1S/C19H17Cl2NO3/c1-19(2)17(23)16(18(24)22(3)25-19)14-10-12(7-8-15(14)21)11-5-4-6-13(20)9-11/h4-10,23H,1-3H3. The molecule has 1 aliphatic rings. The molecule has 0 atom stereocenters. The second-order valence-corrected chi connectivity index (χ2v) is 7.18. The molecule has 4 nitrogen and oxygen atoms in total. The summed E-state index contributed by atoms with van der Waals surface area (Å²) in [5.41, 5.74) is 1.27. The summed E-state index contributed by atoms with van der Waals surface area (Å²) in [6.07, 6.45) is 0. The number of carbonyl (C=O) groups excluding carboxylic acids is 1. The summed E-state index contributed by atoms with van der Waals surface area (Å²) in [6.45, 7) is 3.36. The highest BCUT2D eigenvalue weighted by Crippen LogP contribution is 2.38. The van der Waals surface area contributed by atoms with E-state index in [0.717, 1.165) is 16.2 Å². The van der Waals surface area contributed by atoms with E-state index >= 15 is 0 Å². The van der Waals surface area contributed by atoms with E-state index in [-0.39, 0.29) is 11.3 Å². The number of nitrogens with zero attached hydrogens (tertiary/aromatic N) is 1. The molecule has 0 saturated heterocycles. The van der Waals surface area contributed by atoms with Crippen LogP contribution in [0.2, 0.25) is 10.0 Å². The van der Waals surface area contributed by atoms with Crippen molar-refractivity contribution < 1.29 is 14.7 Å². The van der Waals surface area contributed by atoms with Crippen molar-refractivity contribution in [3.63, 3.8) is 0 Å². The van der Waals surface area contributed by atoms with Crippen LogP contribution in [0.4, 0.5) is 0 Å². The lowest BCUT2D eigenvalue weighted by Crippen LogP contribution is -2.45. The van der Waals surface area contributed by atoms with Gasteiger partial charge in [-0.1, -0.05) is 41.4 Å². The van der Waals surface area contributed by atoms with Crippen LogP contribution < -0.4 is 0 Å². The van der Waals surface area contributed by atoms with Gasteiger partial charge in [0.2, 0.25) is 0 Å². The molecule has 25 heavy (non-hydrogen) atoms. The molecule has 0 fully saturated rings. The maximum absolute atomic E-state index is 12.6. The lowest BCUT2D eigenvalue weighted by atomic mass is 9.92. The van der Waals surface area contributed by atoms with Gasteiger partial charge in [0, 0.05) is 22.7 Å². The number of hydrogen-bond acceptors (Lipinski definition) is 3. The van der Waals surface area contributed by atoms with Crippen LogP contribution in [0.3, 0.4) is 0 Å². The van der Waals surface area contributed by atoms with Gasteiger partial charge in [-0.25, -0.2) is 5.06 Å². The van der Waals surface area contributed by atoms with Gasteiger partial charge < -0.3 is 5.11 Å². The van der Waals surface area contributed by atoms with Crippen molar-refractivity contribution in [2.45, 2.75) is 19.4 Å². The molecule has 0 unspecified atom stereocenters. The van der Waals surface area contributed by atoms with Gasteiger partial charge in [-0.15, -0.1) is 0 Å². The average molecular weight is 378 g/mol. The van der Waals surface area contributed by atoms with Crippen LogP contribution >= 0.6 is 23.2 Å². The number of carbonyl (C=O) groups is 1. The minimum Gasteiger partial charge on any atom is -0.508 e. The van der Waals surface area contributed by atoms with Gasteiger partial charge >= 0.3 is 0 Å². The third-order valence-electron chi connectivity index (χ3n) is 4.07. The molecular weight excluding hydrogens is 361 g/mol. The zero-order valence-electron chi connectivity index (χ0n) is 14.0. The molecule has 130 valence electrons. The van der Waals surface area contributed by atoms with E-state index in [0.29, 0.717) is 15.6 Å². The monoisotopic (exact) mass is 377 g/mol. The molecule has 3 rings (SSSR count). The fourth-order valence-electron chi connectivity index (χ4n) is 2.79. The number of hydrogen-bond donors (Lipinski definition) is 1. The van der Waals surface area contributed by atoms with Gasteiger partial charge in [-0.3, -0.25) is 9.63 Å². The normalized spacial score (nSPS) is 17.2. The number of amides is 1. The van der Waals surface area contributed by atoms with Crippen LogP contribution in [-0.4, -0.2) is 28.7 Å². The first kappa shape index (κ1) is 17.8. The second-order valence-electron chi connectivity index (χ2n) is 6.33. The molecule has 6 heteroatoms. The highest BCUT2D eigenvalue weighted by atomic mass is 35.5. The van der Waals surface area contributed by atoms with Gasteiger partial charge in [0.1, 0.15) is 11.4 Å². The Kier molecular flexibility index (Phi) is 4.54. The minimum atomic E-state index is -1.03. The van der Waals surface area contributed by atoms with Crippen LogP contribution in [0.5, 0.6) is 0 Å². The molecule has 0 radical (unpaired) electrons. The van der Waals surface area contributed by atoms with E-state index in [1.54, 1.807) is 32.0 Å². The Morgan fingerprint density at radius 2 is 1.76 bits per heavy atom. The Labute approximate surface area is 156 Å². The Hall–Kier alpha value is -2.01. The van der Waals surface area contributed by atoms with E-state index in [4.69, 9.17) is 28.0 Å². The number of rotatable bonds is 2. The Morgan fingerprint density at radius 1 is 1.08 bits per heavy atom. The number of benzene rings is 2. The summed E-state index contributed by atoms with van der Waals surface area (Å²) >= 11 is 12.4. The number of hydroxylamine groups is 2. The van der Waals surface area contributed by atoms with Crippen molar-refractivity contribution in [3.8, 4) is 11.1 Å². The lowest BCUT2D eigenvalue weighted by molar-refractivity contribution is -0.218. The molecule has 0 saturated carbocycles. The zero-order chi connectivity index (χ0) is 18.4. The summed E-state index contributed by atoms with van der Waals surface area (Å²) in [7, 11) is 1.51. The van der Waals surface area contributed by atoms with Crippen molar-refractivity contribution in [1.29, 1.82) is 0 Å². The van der Waals surface area contributed by atoms with E-state index in [9.17, 15) is 9.90 Å². The topological polar surface area (TPSA) is 49.8 Å².